The highest BCUT2D eigenvalue weighted by molar-refractivity contribution is 7.92. The van der Waals surface area contributed by atoms with Crippen molar-refractivity contribution >= 4 is 28.7 Å². The van der Waals surface area contributed by atoms with E-state index in [-0.39, 0.29) is 16.4 Å². The van der Waals surface area contributed by atoms with Crippen LogP contribution in [0.3, 0.4) is 0 Å². The van der Waals surface area contributed by atoms with Crippen molar-refractivity contribution in [3.63, 3.8) is 0 Å². The van der Waals surface area contributed by atoms with Crippen LogP contribution < -0.4 is 5.32 Å². The molecule has 1 amide bonds. The molecule has 2 aliphatic rings. The topological polar surface area (TPSA) is 112 Å². The zero-order valence-corrected chi connectivity index (χ0v) is 21.1. The summed E-state index contributed by atoms with van der Waals surface area (Å²) in [7, 11) is 1.16. The summed E-state index contributed by atoms with van der Waals surface area (Å²) >= 11 is 4.01. The second-order valence-corrected chi connectivity index (χ2v) is 11.3. The van der Waals surface area contributed by atoms with Crippen molar-refractivity contribution < 1.29 is 31.3 Å². The Labute approximate surface area is 220 Å². The SMILES string of the molecule is Cn1nc(C(F)(F)C(F)(F)F)c([S+]([O-])C2CC2)c1-n1cc(-c2ccc(Cl)c(C(=O)NC3(C#N)CC3)c2)cn1. The fraction of sp³-hybridized carbons (Fsp3) is 0.391. The normalized spacial score (nSPS) is 17.7. The predicted octanol–water partition coefficient (Wildman–Crippen LogP) is 4.64. The smallest absolute Gasteiger partial charge is 0.460 e. The number of nitrogens with zero attached hydrogens (tertiary/aromatic N) is 5. The zero-order chi connectivity index (χ0) is 27.6. The van der Waals surface area contributed by atoms with E-state index in [4.69, 9.17) is 11.6 Å². The molecule has 2 saturated carbocycles. The summed E-state index contributed by atoms with van der Waals surface area (Å²) < 4.78 is 83.4. The van der Waals surface area contributed by atoms with Gasteiger partial charge in [0.05, 0.1) is 22.9 Å². The first-order valence-electron chi connectivity index (χ1n) is 11.3. The van der Waals surface area contributed by atoms with E-state index in [0.717, 1.165) is 16.4 Å². The summed E-state index contributed by atoms with van der Waals surface area (Å²) in [6.45, 7) is 0. The minimum Gasteiger partial charge on any atom is -0.611 e. The number of benzene rings is 1. The number of rotatable bonds is 7. The van der Waals surface area contributed by atoms with Crippen LogP contribution >= 0.6 is 11.6 Å². The number of nitrogens with one attached hydrogen (secondary N) is 1. The molecule has 0 aliphatic heterocycles. The third kappa shape index (κ3) is 4.52. The highest BCUT2D eigenvalue weighted by atomic mass is 35.5. The third-order valence-corrected chi connectivity index (χ3v) is 8.50. The summed E-state index contributed by atoms with van der Waals surface area (Å²) in [4.78, 5) is 12.0. The molecule has 2 aromatic heterocycles. The van der Waals surface area contributed by atoms with E-state index >= 15 is 0 Å². The molecule has 2 fully saturated rings. The number of aromatic nitrogens is 4. The lowest BCUT2D eigenvalue weighted by atomic mass is 10.1. The van der Waals surface area contributed by atoms with Crippen molar-refractivity contribution in [1.29, 1.82) is 5.26 Å². The first-order valence-corrected chi connectivity index (χ1v) is 12.9. The van der Waals surface area contributed by atoms with Crippen LogP contribution in [0.25, 0.3) is 16.9 Å². The molecule has 0 spiro atoms. The molecule has 0 bridgehead atoms. The second kappa shape index (κ2) is 8.96. The average Bonchev–Trinajstić information content (AvgIpc) is 3.76. The second-order valence-electron chi connectivity index (χ2n) is 9.21. The quantitative estimate of drug-likeness (QED) is 0.328. The number of alkyl halides is 5. The van der Waals surface area contributed by atoms with Gasteiger partial charge in [0.1, 0.15) is 10.8 Å². The molecule has 3 aromatic rings. The number of aryl methyl sites for hydroxylation is 1. The van der Waals surface area contributed by atoms with Crippen LogP contribution in [0.4, 0.5) is 22.0 Å². The molecule has 38 heavy (non-hydrogen) atoms. The van der Waals surface area contributed by atoms with E-state index in [1.165, 1.54) is 24.5 Å². The minimum absolute atomic E-state index is 0.0848. The highest BCUT2D eigenvalue weighted by Gasteiger charge is 2.64. The summed E-state index contributed by atoms with van der Waals surface area (Å²) in [5.41, 5.74) is -1.67. The van der Waals surface area contributed by atoms with Crippen LogP contribution in [0.2, 0.25) is 5.02 Å². The molecule has 5 rings (SSSR count). The van der Waals surface area contributed by atoms with E-state index in [0.29, 0.717) is 36.8 Å². The van der Waals surface area contributed by atoms with Crippen molar-refractivity contribution in [3.8, 4) is 23.0 Å². The molecule has 8 nitrogen and oxygen atoms in total. The lowest BCUT2D eigenvalue weighted by Gasteiger charge is -2.19. The number of carbonyl (C=O) groups excluding carboxylic acids is 1. The van der Waals surface area contributed by atoms with Gasteiger partial charge < -0.3 is 9.87 Å². The van der Waals surface area contributed by atoms with Gasteiger partial charge in [-0.2, -0.15) is 37.4 Å². The molecule has 1 N–H and O–H groups in total. The van der Waals surface area contributed by atoms with Gasteiger partial charge in [-0.15, -0.1) is 0 Å². The summed E-state index contributed by atoms with van der Waals surface area (Å²) in [6, 6.07) is 6.51. The van der Waals surface area contributed by atoms with Gasteiger partial charge in [-0.1, -0.05) is 17.7 Å². The molecule has 0 saturated heterocycles. The third-order valence-electron chi connectivity index (χ3n) is 6.32. The van der Waals surface area contributed by atoms with Gasteiger partial charge in [0.25, 0.3) is 5.91 Å². The van der Waals surface area contributed by atoms with E-state index in [1.807, 2.05) is 6.07 Å². The predicted molar refractivity (Wildman–Crippen MR) is 125 cm³/mol. The molecule has 2 heterocycles. The molecule has 2 aliphatic carbocycles. The van der Waals surface area contributed by atoms with Gasteiger partial charge in [0.2, 0.25) is 10.7 Å². The zero-order valence-electron chi connectivity index (χ0n) is 19.5. The van der Waals surface area contributed by atoms with Crippen LogP contribution in [0.1, 0.15) is 41.7 Å². The molecule has 1 unspecified atom stereocenters. The number of hydrogen-bond donors (Lipinski definition) is 1. The molecule has 200 valence electrons. The Morgan fingerprint density at radius 1 is 1.26 bits per heavy atom. The van der Waals surface area contributed by atoms with Crippen LogP contribution in [0.15, 0.2) is 35.5 Å². The number of amides is 1. The standard InChI is InChI=1S/C23H18ClF5N6O2S/c1-34-20(17(38(37)14-3-4-14)18(33-34)22(25,26)23(27,28)29)35-10-13(9-31-35)12-2-5-16(24)15(8-12)19(36)32-21(11-30)6-7-21/h2,5,8-10,14H,3-4,6-7H2,1H3,(H,32,36). The minimum atomic E-state index is -5.94. The van der Waals surface area contributed by atoms with Gasteiger partial charge in [-0.3, -0.25) is 4.79 Å². The molecule has 15 heteroatoms. The first-order chi connectivity index (χ1) is 17.8. The van der Waals surface area contributed by atoms with Crippen molar-refractivity contribution in [2.75, 3.05) is 0 Å². The molecular weight excluding hydrogens is 555 g/mol. The maximum Gasteiger partial charge on any atom is 0.460 e. The van der Waals surface area contributed by atoms with Gasteiger partial charge in [0, 0.05) is 31.6 Å². The monoisotopic (exact) mass is 572 g/mol. The van der Waals surface area contributed by atoms with E-state index in [2.05, 4.69) is 15.5 Å². The number of halogens is 6. The number of carbonyl (C=O) groups is 1. The number of hydrogen-bond acceptors (Lipinski definition) is 5. The first kappa shape index (κ1) is 26.5. The largest absolute Gasteiger partial charge is 0.611 e. The summed E-state index contributed by atoms with van der Waals surface area (Å²) in [5.74, 6) is -6.19. The Kier molecular flexibility index (Phi) is 6.24. The van der Waals surface area contributed by atoms with E-state index < -0.39 is 50.6 Å². The van der Waals surface area contributed by atoms with Gasteiger partial charge >= 0.3 is 12.1 Å². The molecule has 0 radical (unpaired) electrons. The van der Waals surface area contributed by atoms with Crippen molar-refractivity contribution in [1.82, 2.24) is 24.9 Å². The Morgan fingerprint density at radius 2 is 1.95 bits per heavy atom. The maximum atomic E-state index is 14.4. The van der Waals surface area contributed by atoms with E-state index in [9.17, 15) is 36.6 Å². The summed E-state index contributed by atoms with van der Waals surface area (Å²) in [5, 5.41) is 19.0. The Hall–Kier alpha value is -3.15. The van der Waals surface area contributed by atoms with Gasteiger partial charge in [-0.25, -0.2) is 9.36 Å². The molecular formula is C23H18ClF5N6O2S. The lowest BCUT2D eigenvalue weighted by Crippen LogP contribution is -2.35. The van der Waals surface area contributed by atoms with Crippen molar-refractivity contribution in [2.45, 2.75) is 53.5 Å². The van der Waals surface area contributed by atoms with Crippen molar-refractivity contribution in [2.24, 2.45) is 7.05 Å². The summed E-state index contributed by atoms with van der Waals surface area (Å²) in [6.07, 6.45) is -1.42. The fourth-order valence-electron chi connectivity index (χ4n) is 3.86. The molecule has 1 aromatic carbocycles. The lowest BCUT2D eigenvalue weighted by molar-refractivity contribution is -0.292. The fourth-order valence-corrected chi connectivity index (χ4v) is 5.73. The Bertz CT molecular complexity index is 1470. The highest BCUT2D eigenvalue weighted by Crippen LogP contribution is 2.48. The van der Waals surface area contributed by atoms with Crippen LogP contribution in [-0.2, 0) is 24.1 Å². The van der Waals surface area contributed by atoms with Crippen LogP contribution in [0, 0.1) is 11.3 Å². The van der Waals surface area contributed by atoms with Gasteiger partial charge in [0.15, 0.2) is 5.69 Å². The average molecular weight is 573 g/mol. The van der Waals surface area contributed by atoms with Gasteiger partial charge in [-0.05, 0) is 41.7 Å². The van der Waals surface area contributed by atoms with Crippen LogP contribution in [-0.4, -0.2) is 47.0 Å². The van der Waals surface area contributed by atoms with Crippen LogP contribution in [0.5, 0.6) is 0 Å². The van der Waals surface area contributed by atoms with Crippen molar-refractivity contribution in [3.05, 3.63) is 46.9 Å². The molecule has 1 atom stereocenters. The van der Waals surface area contributed by atoms with E-state index in [1.54, 1.807) is 6.07 Å². The Morgan fingerprint density at radius 3 is 2.53 bits per heavy atom. The Balaban J connectivity index is 1.54. The maximum absolute atomic E-state index is 14.4. The number of nitriles is 1.